The third-order valence-corrected chi connectivity index (χ3v) is 5.04. The Kier molecular flexibility index (Phi) is 5.10. The van der Waals surface area contributed by atoms with Crippen LogP contribution in [0.2, 0.25) is 0 Å². The number of rotatable bonds is 4. The fourth-order valence-corrected chi connectivity index (χ4v) is 3.57. The summed E-state index contributed by atoms with van der Waals surface area (Å²) in [7, 11) is 1.60. The van der Waals surface area contributed by atoms with Crippen LogP contribution in [0.3, 0.4) is 0 Å². The van der Waals surface area contributed by atoms with Crippen LogP contribution >= 0.6 is 0 Å². The number of anilines is 2. The summed E-state index contributed by atoms with van der Waals surface area (Å²) >= 11 is 0. The number of ether oxygens (including phenoxy) is 1. The summed E-state index contributed by atoms with van der Waals surface area (Å²) in [6.45, 7) is 1.47. The molecular weight excluding hydrogens is 357 g/mol. The summed E-state index contributed by atoms with van der Waals surface area (Å²) in [5.74, 6) is 0.243. The van der Waals surface area contributed by atoms with Crippen LogP contribution in [0.4, 0.5) is 15.8 Å². The second-order valence-electron chi connectivity index (χ2n) is 6.92. The van der Waals surface area contributed by atoms with Gasteiger partial charge in [-0.1, -0.05) is 6.07 Å². The zero-order valence-corrected chi connectivity index (χ0v) is 15.7. The molecule has 1 fully saturated rings. The topological polar surface area (TPSA) is 54.5 Å². The summed E-state index contributed by atoms with van der Waals surface area (Å²) in [5, 5.41) is 3.88. The standard InChI is InChI=1S/C22H22FN3O2/c1-28-17-7-5-6-16(13-17)25-21-18-12-15(23)8-9-20(18)24-14-19(21)22(27)26-10-3-2-4-11-26/h5-9,12-14H,2-4,10-11H2,1H3,(H,24,25). The molecule has 0 atom stereocenters. The van der Waals surface area contributed by atoms with Crippen LogP contribution in [0.1, 0.15) is 29.6 Å². The first-order valence-electron chi connectivity index (χ1n) is 9.44. The first-order chi connectivity index (χ1) is 13.7. The number of methoxy groups -OCH3 is 1. The number of benzene rings is 2. The van der Waals surface area contributed by atoms with E-state index in [4.69, 9.17) is 4.74 Å². The molecule has 6 heteroatoms. The molecule has 144 valence electrons. The fourth-order valence-electron chi connectivity index (χ4n) is 3.57. The molecule has 1 aromatic heterocycles. The Morgan fingerprint density at radius 2 is 1.96 bits per heavy atom. The van der Waals surface area contributed by atoms with Crippen LogP contribution in [0.15, 0.2) is 48.7 Å². The normalized spacial score (nSPS) is 14.1. The Hall–Kier alpha value is -3.15. The van der Waals surface area contributed by atoms with Gasteiger partial charge >= 0.3 is 0 Å². The van der Waals surface area contributed by atoms with Crippen molar-refractivity contribution in [2.24, 2.45) is 0 Å². The van der Waals surface area contributed by atoms with E-state index < -0.39 is 0 Å². The molecule has 0 bridgehead atoms. The van der Waals surface area contributed by atoms with E-state index in [2.05, 4.69) is 10.3 Å². The first kappa shape index (κ1) is 18.2. The number of fused-ring (bicyclic) bond motifs is 1. The zero-order valence-electron chi connectivity index (χ0n) is 15.7. The fraction of sp³-hybridized carbons (Fsp3) is 0.273. The number of carbonyl (C=O) groups is 1. The number of piperidine rings is 1. The van der Waals surface area contributed by atoms with Crippen molar-refractivity contribution in [3.8, 4) is 5.75 Å². The quantitative estimate of drug-likeness (QED) is 0.711. The highest BCUT2D eigenvalue weighted by molar-refractivity contribution is 6.08. The number of nitrogens with one attached hydrogen (secondary N) is 1. The molecule has 1 saturated heterocycles. The highest BCUT2D eigenvalue weighted by Crippen LogP contribution is 2.32. The number of likely N-dealkylation sites (tertiary alicyclic amines) is 1. The predicted molar refractivity (Wildman–Crippen MR) is 108 cm³/mol. The average Bonchev–Trinajstić information content (AvgIpc) is 2.74. The van der Waals surface area contributed by atoms with Crippen molar-refractivity contribution < 1.29 is 13.9 Å². The van der Waals surface area contributed by atoms with Crippen molar-refractivity contribution in [3.63, 3.8) is 0 Å². The summed E-state index contributed by atoms with van der Waals surface area (Å²) in [4.78, 5) is 19.4. The molecule has 1 amide bonds. The van der Waals surface area contributed by atoms with Gasteiger partial charge in [0.25, 0.3) is 5.91 Å². The SMILES string of the molecule is COc1cccc(Nc2c(C(=O)N3CCCCC3)cnc3ccc(F)cc23)c1. The number of carbonyl (C=O) groups excluding carboxylic acids is 1. The number of halogens is 1. The van der Waals surface area contributed by atoms with Gasteiger partial charge in [0.15, 0.2) is 0 Å². The molecule has 1 aliphatic heterocycles. The molecule has 0 unspecified atom stereocenters. The van der Waals surface area contributed by atoms with E-state index in [-0.39, 0.29) is 11.7 Å². The third kappa shape index (κ3) is 3.63. The average molecular weight is 379 g/mol. The molecule has 5 nitrogen and oxygen atoms in total. The van der Waals surface area contributed by atoms with Crippen LogP contribution in [0, 0.1) is 5.82 Å². The number of hydrogen-bond donors (Lipinski definition) is 1. The van der Waals surface area contributed by atoms with Gasteiger partial charge < -0.3 is 15.0 Å². The minimum Gasteiger partial charge on any atom is -0.497 e. The lowest BCUT2D eigenvalue weighted by Gasteiger charge is -2.27. The van der Waals surface area contributed by atoms with Gasteiger partial charge in [0, 0.05) is 36.4 Å². The van der Waals surface area contributed by atoms with Gasteiger partial charge in [0.1, 0.15) is 11.6 Å². The van der Waals surface area contributed by atoms with Crippen molar-refractivity contribution in [1.82, 2.24) is 9.88 Å². The number of nitrogens with zero attached hydrogens (tertiary/aromatic N) is 2. The first-order valence-corrected chi connectivity index (χ1v) is 9.44. The molecule has 0 saturated carbocycles. The van der Waals surface area contributed by atoms with E-state index in [0.717, 1.165) is 38.0 Å². The number of pyridine rings is 1. The number of hydrogen-bond acceptors (Lipinski definition) is 4. The van der Waals surface area contributed by atoms with E-state index in [0.29, 0.717) is 27.9 Å². The number of amides is 1. The lowest BCUT2D eigenvalue weighted by molar-refractivity contribution is 0.0725. The van der Waals surface area contributed by atoms with Crippen molar-refractivity contribution in [2.45, 2.75) is 19.3 Å². The molecule has 2 heterocycles. The molecule has 28 heavy (non-hydrogen) atoms. The largest absolute Gasteiger partial charge is 0.497 e. The molecule has 1 aliphatic rings. The van der Waals surface area contributed by atoms with E-state index in [9.17, 15) is 9.18 Å². The lowest BCUT2D eigenvalue weighted by Crippen LogP contribution is -2.36. The van der Waals surface area contributed by atoms with Gasteiger partial charge in [0.05, 0.1) is 23.9 Å². The number of aromatic nitrogens is 1. The van der Waals surface area contributed by atoms with Gasteiger partial charge in [-0.3, -0.25) is 9.78 Å². The monoisotopic (exact) mass is 379 g/mol. The maximum atomic E-state index is 14.0. The van der Waals surface area contributed by atoms with Crippen LogP contribution in [-0.4, -0.2) is 36.0 Å². The van der Waals surface area contributed by atoms with E-state index in [1.807, 2.05) is 29.2 Å². The summed E-state index contributed by atoms with van der Waals surface area (Å²) in [6, 6.07) is 11.8. The Bertz CT molecular complexity index is 1020. The van der Waals surface area contributed by atoms with Crippen LogP contribution in [0.25, 0.3) is 10.9 Å². The lowest BCUT2D eigenvalue weighted by atomic mass is 10.1. The van der Waals surface area contributed by atoms with Crippen LogP contribution in [-0.2, 0) is 0 Å². The molecular formula is C22H22FN3O2. The molecule has 4 rings (SSSR count). The Morgan fingerprint density at radius 1 is 1.14 bits per heavy atom. The van der Waals surface area contributed by atoms with E-state index in [1.54, 1.807) is 19.4 Å². The molecule has 0 spiro atoms. The Labute approximate surface area is 163 Å². The molecule has 0 aliphatic carbocycles. The summed E-state index contributed by atoms with van der Waals surface area (Å²) in [5.41, 5.74) is 2.39. The van der Waals surface area contributed by atoms with Crippen molar-refractivity contribution in [3.05, 3.63) is 60.0 Å². The van der Waals surface area contributed by atoms with E-state index >= 15 is 0 Å². The molecule has 3 aromatic rings. The Morgan fingerprint density at radius 3 is 2.75 bits per heavy atom. The van der Waals surface area contributed by atoms with Gasteiger partial charge in [-0.2, -0.15) is 0 Å². The summed E-state index contributed by atoms with van der Waals surface area (Å²) in [6.07, 6.45) is 4.72. The highest BCUT2D eigenvalue weighted by Gasteiger charge is 2.23. The zero-order chi connectivity index (χ0) is 19.5. The second-order valence-corrected chi connectivity index (χ2v) is 6.92. The smallest absolute Gasteiger partial charge is 0.257 e. The molecule has 1 N–H and O–H groups in total. The van der Waals surface area contributed by atoms with Crippen molar-refractivity contribution in [2.75, 3.05) is 25.5 Å². The third-order valence-electron chi connectivity index (χ3n) is 5.04. The van der Waals surface area contributed by atoms with Crippen molar-refractivity contribution in [1.29, 1.82) is 0 Å². The highest BCUT2D eigenvalue weighted by atomic mass is 19.1. The predicted octanol–water partition coefficient (Wildman–Crippen LogP) is 4.75. The van der Waals surface area contributed by atoms with Crippen LogP contribution < -0.4 is 10.1 Å². The van der Waals surface area contributed by atoms with E-state index in [1.165, 1.54) is 12.1 Å². The van der Waals surface area contributed by atoms with Gasteiger partial charge in [-0.05, 0) is 49.6 Å². The van der Waals surface area contributed by atoms with Gasteiger partial charge in [0.2, 0.25) is 0 Å². The van der Waals surface area contributed by atoms with Gasteiger partial charge in [-0.25, -0.2) is 4.39 Å². The summed E-state index contributed by atoms with van der Waals surface area (Å²) < 4.78 is 19.3. The maximum Gasteiger partial charge on any atom is 0.257 e. The molecule has 2 aromatic carbocycles. The Balaban J connectivity index is 1.82. The van der Waals surface area contributed by atoms with Crippen LogP contribution in [0.5, 0.6) is 5.75 Å². The minimum atomic E-state index is -0.370. The van der Waals surface area contributed by atoms with Gasteiger partial charge in [-0.15, -0.1) is 0 Å². The maximum absolute atomic E-state index is 14.0. The minimum absolute atomic E-state index is 0.0799. The molecule has 0 radical (unpaired) electrons. The second kappa shape index (κ2) is 7.84. The van der Waals surface area contributed by atoms with Crippen molar-refractivity contribution >= 4 is 28.2 Å².